The molecule has 2 aliphatic rings. The van der Waals surface area contributed by atoms with E-state index in [0.717, 1.165) is 123 Å². The molecule has 0 saturated heterocycles. The topological polar surface area (TPSA) is 60.7 Å². The Balaban J connectivity index is 1.01. The van der Waals surface area contributed by atoms with E-state index in [1.807, 2.05) is 18.2 Å². The Morgan fingerprint density at radius 3 is 1.16 bits per heavy atom. The van der Waals surface area contributed by atoms with Gasteiger partial charge in [0.15, 0.2) is 0 Å². The van der Waals surface area contributed by atoms with E-state index in [0.29, 0.717) is 11.1 Å². The lowest BCUT2D eigenvalue weighted by Gasteiger charge is -2.45. The molecule has 6 heteroatoms. The van der Waals surface area contributed by atoms with Gasteiger partial charge in [0.25, 0.3) is 0 Å². The normalized spacial score (nSPS) is 13.3. The second kappa shape index (κ2) is 26.3. The molecule has 0 saturated carbocycles. The van der Waals surface area contributed by atoms with E-state index in [4.69, 9.17) is 0 Å². The lowest BCUT2D eigenvalue weighted by molar-refractivity contribution is 0.589. The van der Waals surface area contributed by atoms with Gasteiger partial charge in [0, 0.05) is 61.3 Å². The highest BCUT2D eigenvalue weighted by atomic mass is 15.2. The number of fused-ring (bicyclic) bond motifs is 10. The Hall–Kier alpha value is -13.3. The number of nitrogens with zero attached hydrogens (tertiary/aromatic N) is 5. The third-order valence-electron chi connectivity index (χ3n) is 23.6. The SMILES string of the molecule is CC(C)(C)c1ccc(-c2cc(-c3ccccc3)cc(-c3cccc(C#N)c3)c2C2c3cc(-n4c5ccccc5c5ccccc54)ccc3B3c4ccc(-n5c6ccccc6c6ccccc65)cc4N(c4c(-c5ccc(C(C)(C)C)cc5)cc(-c5ccccc5)cc4-c4cccc(C#N)c4)c4cc(C(C)(C)C)cc2c43)cc1. The van der Waals surface area contributed by atoms with Gasteiger partial charge < -0.3 is 14.0 Å². The molecule has 0 amide bonds. The van der Waals surface area contributed by atoms with Gasteiger partial charge in [-0.15, -0.1) is 0 Å². The van der Waals surface area contributed by atoms with Crippen LogP contribution in [0.15, 0.2) is 328 Å². The number of rotatable bonds is 10. The lowest BCUT2D eigenvalue weighted by Crippen LogP contribution is -2.62. The number of para-hydroxylation sites is 4. The van der Waals surface area contributed by atoms with Crippen molar-refractivity contribution in [2.75, 3.05) is 4.90 Å². The number of hydrogen-bond donors (Lipinski definition) is 0. The molecule has 17 aromatic rings. The predicted octanol–water partition coefficient (Wildman–Crippen LogP) is 25.3. The summed E-state index contributed by atoms with van der Waals surface area (Å²) in [4.78, 5) is 2.67. The van der Waals surface area contributed by atoms with E-state index in [1.54, 1.807) is 0 Å². The Morgan fingerprint density at radius 1 is 0.297 bits per heavy atom. The highest BCUT2D eigenvalue weighted by Gasteiger charge is 2.47. The maximum absolute atomic E-state index is 11.0. The number of anilines is 3. The van der Waals surface area contributed by atoms with Gasteiger partial charge in [-0.2, -0.15) is 10.5 Å². The van der Waals surface area contributed by atoms with Crippen LogP contribution in [0.2, 0.25) is 0 Å². The van der Waals surface area contributed by atoms with Crippen LogP contribution in [0, 0.1) is 22.7 Å². The summed E-state index contributed by atoms with van der Waals surface area (Å²) >= 11 is 0. The molecule has 1 atom stereocenters. The summed E-state index contributed by atoms with van der Waals surface area (Å²) in [6.07, 6.45) is 0. The minimum absolute atomic E-state index is 0.106. The van der Waals surface area contributed by atoms with Crippen molar-refractivity contribution in [3.8, 4) is 90.3 Å². The largest absolute Gasteiger partial charge is 0.310 e. The number of nitriles is 2. The zero-order valence-corrected chi connectivity index (χ0v) is 64.1. The third-order valence-corrected chi connectivity index (χ3v) is 23.6. The van der Waals surface area contributed by atoms with Crippen LogP contribution in [0.4, 0.5) is 17.1 Å². The van der Waals surface area contributed by atoms with Gasteiger partial charge in [0.1, 0.15) is 0 Å². The van der Waals surface area contributed by atoms with Crippen molar-refractivity contribution in [1.82, 2.24) is 9.13 Å². The molecule has 15 aromatic carbocycles. The van der Waals surface area contributed by atoms with Crippen molar-refractivity contribution in [3.05, 3.63) is 372 Å². The summed E-state index contributed by atoms with van der Waals surface area (Å²) < 4.78 is 4.96. The number of aromatic nitrogens is 2. The molecule has 4 heterocycles. The average molecular weight is 1420 g/mol. The van der Waals surface area contributed by atoms with E-state index >= 15 is 0 Å². The molecule has 111 heavy (non-hydrogen) atoms. The zero-order valence-electron chi connectivity index (χ0n) is 64.1. The average Bonchev–Trinajstić information content (AvgIpc) is 0.988. The Morgan fingerprint density at radius 2 is 0.694 bits per heavy atom. The first-order valence-corrected chi connectivity index (χ1v) is 38.8. The summed E-state index contributed by atoms with van der Waals surface area (Å²) in [5.41, 5.74) is 33.8. The van der Waals surface area contributed by atoms with Gasteiger partial charge in [0.05, 0.1) is 51.0 Å². The molecule has 1 unspecified atom stereocenters. The minimum Gasteiger partial charge on any atom is -0.310 e. The molecule has 0 spiro atoms. The van der Waals surface area contributed by atoms with Crippen LogP contribution < -0.4 is 21.3 Å². The summed E-state index contributed by atoms with van der Waals surface area (Å²) in [5, 5.41) is 26.8. The van der Waals surface area contributed by atoms with E-state index < -0.39 is 11.3 Å². The second-order valence-electron chi connectivity index (χ2n) is 33.4. The van der Waals surface area contributed by atoms with Crippen molar-refractivity contribution < 1.29 is 0 Å². The molecule has 0 bridgehead atoms. The minimum atomic E-state index is -0.444. The van der Waals surface area contributed by atoms with Crippen LogP contribution >= 0.6 is 0 Å². The van der Waals surface area contributed by atoms with Crippen LogP contribution in [0.3, 0.4) is 0 Å². The Labute approximate surface area is 651 Å². The predicted molar refractivity (Wildman–Crippen MR) is 466 cm³/mol. The molecular formula is C105H82BN5. The Kier molecular flexibility index (Phi) is 16.2. The number of benzene rings is 15. The quantitative estimate of drug-likeness (QED) is 0.128. The monoisotopic (exact) mass is 1420 g/mol. The molecule has 2 aliphatic heterocycles. The molecule has 530 valence electrons. The third kappa shape index (κ3) is 11.5. The van der Waals surface area contributed by atoms with Crippen molar-refractivity contribution in [2.24, 2.45) is 0 Å². The fourth-order valence-electron chi connectivity index (χ4n) is 18.0. The summed E-state index contributed by atoms with van der Waals surface area (Å²) in [7, 11) is 0. The first-order valence-electron chi connectivity index (χ1n) is 38.8. The Bertz CT molecular complexity index is 6210. The van der Waals surface area contributed by atoms with Gasteiger partial charge in [-0.3, -0.25) is 0 Å². The molecule has 2 aromatic heterocycles. The molecule has 5 nitrogen and oxygen atoms in total. The van der Waals surface area contributed by atoms with Crippen LogP contribution in [0.25, 0.3) is 122 Å². The van der Waals surface area contributed by atoms with E-state index in [2.05, 4.69) is 398 Å². The smallest absolute Gasteiger partial charge is 0.247 e. The summed E-state index contributed by atoms with van der Waals surface area (Å²) in [6.45, 7) is 20.6. The van der Waals surface area contributed by atoms with Gasteiger partial charge in [-0.05, 0) is 219 Å². The molecule has 0 radical (unpaired) electrons. The van der Waals surface area contributed by atoms with Crippen molar-refractivity contribution in [3.63, 3.8) is 0 Å². The van der Waals surface area contributed by atoms with Gasteiger partial charge in [0.2, 0.25) is 6.71 Å². The summed E-state index contributed by atoms with van der Waals surface area (Å²) in [5.74, 6) is -0.444. The highest BCUT2D eigenvalue weighted by Crippen LogP contribution is 2.55. The van der Waals surface area contributed by atoms with Crippen molar-refractivity contribution in [2.45, 2.75) is 84.5 Å². The fraction of sp³-hybridized carbons (Fsp3) is 0.124. The maximum atomic E-state index is 11.0. The second-order valence-corrected chi connectivity index (χ2v) is 33.4. The van der Waals surface area contributed by atoms with Crippen LogP contribution in [0.5, 0.6) is 0 Å². The van der Waals surface area contributed by atoms with Gasteiger partial charge in [-0.25, -0.2) is 0 Å². The molecule has 0 aliphatic carbocycles. The molecule has 19 rings (SSSR count). The van der Waals surface area contributed by atoms with Gasteiger partial charge >= 0.3 is 0 Å². The van der Waals surface area contributed by atoms with Crippen LogP contribution in [0.1, 0.15) is 113 Å². The first kappa shape index (κ1) is 68.3. The first-order chi connectivity index (χ1) is 53.9. The summed E-state index contributed by atoms with van der Waals surface area (Å²) in [6, 6.07) is 127. The lowest BCUT2D eigenvalue weighted by atomic mass is 9.31. The molecule has 0 fully saturated rings. The highest BCUT2D eigenvalue weighted by molar-refractivity contribution is 6.99. The van der Waals surface area contributed by atoms with E-state index in [9.17, 15) is 10.5 Å². The number of hydrogen-bond acceptors (Lipinski definition) is 3. The molecular weight excluding hydrogens is 1340 g/mol. The van der Waals surface area contributed by atoms with Crippen LogP contribution in [-0.4, -0.2) is 15.8 Å². The maximum Gasteiger partial charge on any atom is 0.247 e. The van der Waals surface area contributed by atoms with Gasteiger partial charge in [-0.1, -0.05) is 292 Å². The van der Waals surface area contributed by atoms with E-state index in [1.165, 1.54) is 65.8 Å². The zero-order chi connectivity index (χ0) is 75.8. The van der Waals surface area contributed by atoms with Crippen molar-refractivity contribution >= 4 is 83.8 Å². The standard InChI is InChI=1S/C105H82BN5/c1-103(2,3)76-46-42-70(43-47-76)85-56-74(68-28-12-10-13-29-68)57-86(72-32-24-26-66(54-72)64-107)99(85)100-89-62-79(109-93-38-20-16-34-81(93)82-35-17-21-39-94(82)109)50-52-91(89)106-92-53-51-80(110-95-40-22-18-36-83(95)84-37-19-23-41-96(84)110)63-97(92)111(98-61-78(105(7,8)9)60-90(100)101(98)106)102-87(71-44-48-77(49-45-71)104(4,5)6)58-75(69-30-14-11-15-31-69)59-88(102)73-33-25-27-67(55-73)65-108/h10-63,100H,1-9H3. The fourth-order valence-corrected chi connectivity index (χ4v) is 18.0. The van der Waals surface area contributed by atoms with E-state index in [-0.39, 0.29) is 17.5 Å². The van der Waals surface area contributed by atoms with Crippen LogP contribution in [-0.2, 0) is 16.2 Å². The van der Waals surface area contributed by atoms with Crippen molar-refractivity contribution in [1.29, 1.82) is 10.5 Å². The molecule has 0 N–H and O–H groups in total.